The lowest BCUT2D eigenvalue weighted by atomic mass is 10.1. The van der Waals surface area contributed by atoms with Gasteiger partial charge < -0.3 is 9.47 Å². The zero-order valence-electron chi connectivity index (χ0n) is 9.56. The molecule has 0 aromatic rings. The summed E-state index contributed by atoms with van der Waals surface area (Å²) in [6.07, 6.45) is 3.32. The maximum Gasteiger partial charge on any atom is 0.0648 e. The summed E-state index contributed by atoms with van der Waals surface area (Å²) >= 11 is 0. The summed E-state index contributed by atoms with van der Waals surface area (Å²) in [5, 5.41) is 0. The van der Waals surface area contributed by atoms with Crippen molar-refractivity contribution in [1.29, 1.82) is 0 Å². The zero-order valence-corrected chi connectivity index (χ0v) is 9.56. The molecular formula is C11H24O2. The van der Waals surface area contributed by atoms with Gasteiger partial charge in [0.05, 0.1) is 5.60 Å². The van der Waals surface area contributed by atoms with Crippen LogP contribution < -0.4 is 0 Å². The molecular weight excluding hydrogens is 164 g/mol. The van der Waals surface area contributed by atoms with Gasteiger partial charge in [-0.3, -0.25) is 0 Å². The second kappa shape index (κ2) is 7.34. The first-order valence-corrected chi connectivity index (χ1v) is 5.34. The van der Waals surface area contributed by atoms with Crippen molar-refractivity contribution >= 4 is 0 Å². The Morgan fingerprint density at radius 2 is 1.77 bits per heavy atom. The van der Waals surface area contributed by atoms with Crippen LogP contribution in [-0.4, -0.2) is 25.4 Å². The van der Waals surface area contributed by atoms with Crippen LogP contribution in [0.3, 0.4) is 0 Å². The van der Waals surface area contributed by atoms with Gasteiger partial charge in [-0.2, -0.15) is 0 Å². The Bertz CT molecular complexity index is 98.7. The van der Waals surface area contributed by atoms with Crippen LogP contribution in [0.25, 0.3) is 0 Å². The van der Waals surface area contributed by atoms with E-state index < -0.39 is 0 Å². The number of hydrogen-bond donors (Lipinski definition) is 0. The molecule has 0 saturated heterocycles. The van der Waals surface area contributed by atoms with Crippen molar-refractivity contribution in [2.75, 3.05) is 19.8 Å². The van der Waals surface area contributed by atoms with E-state index in [4.69, 9.17) is 9.47 Å². The van der Waals surface area contributed by atoms with E-state index in [9.17, 15) is 0 Å². The molecule has 0 aliphatic heterocycles. The van der Waals surface area contributed by atoms with Gasteiger partial charge in [0.15, 0.2) is 0 Å². The van der Waals surface area contributed by atoms with Gasteiger partial charge in [0.2, 0.25) is 0 Å². The van der Waals surface area contributed by atoms with Gasteiger partial charge in [-0.05, 0) is 33.6 Å². The molecule has 0 bridgehead atoms. The molecule has 0 rings (SSSR count). The maximum absolute atomic E-state index is 5.74. The van der Waals surface area contributed by atoms with Crippen molar-refractivity contribution < 1.29 is 9.47 Å². The van der Waals surface area contributed by atoms with E-state index in [0.717, 1.165) is 32.7 Å². The molecule has 0 N–H and O–H groups in total. The third-order valence-electron chi connectivity index (χ3n) is 2.04. The van der Waals surface area contributed by atoms with Crippen LogP contribution >= 0.6 is 0 Å². The van der Waals surface area contributed by atoms with Gasteiger partial charge in [-0.15, -0.1) is 0 Å². The molecule has 0 aliphatic carbocycles. The predicted octanol–water partition coefficient (Wildman–Crippen LogP) is 3.01. The molecule has 0 fully saturated rings. The highest BCUT2D eigenvalue weighted by Crippen LogP contribution is 2.14. The van der Waals surface area contributed by atoms with Crippen molar-refractivity contribution in [3.05, 3.63) is 0 Å². The van der Waals surface area contributed by atoms with Crippen LogP contribution in [0.4, 0.5) is 0 Å². The Balaban J connectivity index is 3.42. The zero-order chi connectivity index (χ0) is 10.2. The van der Waals surface area contributed by atoms with Crippen LogP contribution in [0.5, 0.6) is 0 Å². The lowest BCUT2D eigenvalue weighted by molar-refractivity contribution is -0.0407. The summed E-state index contributed by atoms with van der Waals surface area (Å²) in [6.45, 7) is 10.9. The number of unbranched alkanes of at least 4 members (excludes halogenated alkanes) is 1. The first-order chi connectivity index (χ1) is 6.12. The summed E-state index contributed by atoms with van der Waals surface area (Å²) in [5.74, 6) is 0. The van der Waals surface area contributed by atoms with Gasteiger partial charge in [-0.25, -0.2) is 0 Å². The highest BCUT2D eigenvalue weighted by atomic mass is 16.5. The molecule has 80 valence electrons. The molecule has 13 heavy (non-hydrogen) atoms. The highest BCUT2D eigenvalue weighted by molar-refractivity contribution is 4.67. The van der Waals surface area contributed by atoms with Crippen LogP contribution in [0, 0.1) is 0 Å². The molecule has 0 aliphatic rings. The van der Waals surface area contributed by atoms with E-state index in [1.165, 1.54) is 6.42 Å². The summed E-state index contributed by atoms with van der Waals surface area (Å²) in [4.78, 5) is 0. The minimum absolute atomic E-state index is 0.0235. The normalized spacial score (nSPS) is 12.0. The minimum Gasteiger partial charge on any atom is -0.382 e. The smallest absolute Gasteiger partial charge is 0.0648 e. The van der Waals surface area contributed by atoms with E-state index in [1.807, 2.05) is 6.92 Å². The lowest BCUT2D eigenvalue weighted by Gasteiger charge is -2.25. The third-order valence-corrected chi connectivity index (χ3v) is 2.04. The Labute approximate surface area is 82.6 Å². The largest absolute Gasteiger partial charge is 0.382 e. The quantitative estimate of drug-likeness (QED) is 0.545. The first kappa shape index (κ1) is 12.9. The average Bonchev–Trinajstić information content (AvgIpc) is 2.05. The predicted molar refractivity (Wildman–Crippen MR) is 56.0 cm³/mol. The third kappa shape index (κ3) is 8.26. The molecule has 0 atom stereocenters. The topological polar surface area (TPSA) is 18.5 Å². The second-order valence-corrected chi connectivity index (χ2v) is 3.91. The van der Waals surface area contributed by atoms with Crippen LogP contribution in [0.2, 0.25) is 0 Å². The van der Waals surface area contributed by atoms with Gasteiger partial charge in [0.25, 0.3) is 0 Å². The van der Waals surface area contributed by atoms with Gasteiger partial charge in [-0.1, -0.05) is 13.3 Å². The molecule has 0 heterocycles. The van der Waals surface area contributed by atoms with Gasteiger partial charge in [0, 0.05) is 19.8 Å². The maximum atomic E-state index is 5.74. The first-order valence-electron chi connectivity index (χ1n) is 5.34. The van der Waals surface area contributed by atoms with Crippen molar-refractivity contribution in [2.24, 2.45) is 0 Å². The fourth-order valence-electron chi connectivity index (χ4n) is 1.03. The standard InChI is InChI=1S/C11H24O2/c1-5-7-9-13-11(3,4)8-10-12-6-2/h5-10H2,1-4H3. The second-order valence-electron chi connectivity index (χ2n) is 3.91. The summed E-state index contributed by atoms with van der Waals surface area (Å²) in [5.41, 5.74) is -0.0235. The Morgan fingerprint density at radius 1 is 1.08 bits per heavy atom. The Morgan fingerprint density at radius 3 is 2.31 bits per heavy atom. The van der Waals surface area contributed by atoms with Crippen molar-refractivity contribution in [3.8, 4) is 0 Å². The monoisotopic (exact) mass is 188 g/mol. The van der Waals surface area contributed by atoms with Gasteiger partial charge in [0.1, 0.15) is 0 Å². The molecule has 0 aromatic heterocycles. The average molecular weight is 188 g/mol. The van der Waals surface area contributed by atoms with Crippen LogP contribution in [0.1, 0.15) is 47.0 Å². The van der Waals surface area contributed by atoms with E-state index >= 15 is 0 Å². The molecule has 0 unspecified atom stereocenters. The fraction of sp³-hybridized carbons (Fsp3) is 1.00. The number of rotatable bonds is 8. The summed E-state index contributed by atoms with van der Waals surface area (Å²) in [7, 11) is 0. The molecule has 0 aromatic carbocycles. The fourth-order valence-corrected chi connectivity index (χ4v) is 1.03. The SMILES string of the molecule is CCCCOC(C)(C)CCOCC. The number of hydrogen-bond acceptors (Lipinski definition) is 2. The van der Waals surface area contributed by atoms with E-state index in [-0.39, 0.29) is 5.60 Å². The van der Waals surface area contributed by atoms with E-state index in [2.05, 4.69) is 20.8 Å². The summed E-state index contributed by atoms with van der Waals surface area (Å²) < 4.78 is 11.0. The van der Waals surface area contributed by atoms with E-state index in [1.54, 1.807) is 0 Å². The highest BCUT2D eigenvalue weighted by Gasteiger charge is 2.17. The Hall–Kier alpha value is -0.0800. The lowest BCUT2D eigenvalue weighted by Crippen LogP contribution is -2.26. The molecule has 2 heteroatoms. The van der Waals surface area contributed by atoms with E-state index in [0.29, 0.717) is 0 Å². The molecule has 0 amide bonds. The molecule has 0 radical (unpaired) electrons. The summed E-state index contributed by atoms with van der Waals surface area (Å²) in [6, 6.07) is 0. The van der Waals surface area contributed by atoms with Crippen molar-refractivity contribution in [1.82, 2.24) is 0 Å². The van der Waals surface area contributed by atoms with Crippen molar-refractivity contribution in [3.63, 3.8) is 0 Å². The molecule has 0 spiro atoms. The number of ether oxygens (including phenoxy) is 2. The van der Waals surface area contributed by atoms with Crippen molar-refractivity contribution in [2.45, 2.75) is 52.6 Å². The van der Waals surface area contributed by atoms with Crippen LogP contribution in [0.15, 0.2) is 0 Å². The van der Waals surface area contributed by atoms with Gasteiger partial charge >= 0.3 is 0 Å². The Kier molecular flexibility index (Phi) is 7.29. The van der Waals surface area contributed by atoms with Crippen LogP contribution in [-0.2, 0) is 9.47 Å². The molecule has 0 saturated carbocycles. The minimum atomic E-state index is -0.0235. The molecule has 2 nitrogen and oxygen atoms in total.